The van der Waals surface area contributed by atoms with E-state index in [2.05, 4.69) is 10.2 Å². The second kappa shape index (κ2) is 8.38. The number of hydrogen-bond acceptors (Lipinski definition) is 5. The lowest BCUT2D eigenvalue weighted by Gasteiger charge is -2.14. The molecule has 0 fully saturated rings. The number of likely N-dealkylation sites (N-methyl/N-ethyl adjacent to an activating group) is 1. The van der Waals surface area contributed by atoms with Gasteiger partial charge in [0.25, 0.3) is 0 Å². The molecule has 0 radical (unpaired) electrons. The van der Waals surface area contributed by atoms with Gasteiger partial charge in [-0.15, -0.1) is 0 Å². The monoisotopic (exact) mass is 451 g/mol. The Labute approximate surface area is 188 Å². The zero-order valence-electron chi connectivity index (χ0n) is 18.5. The summed E-state index contributed by atoms with van der Waals surface area (Å²) in [6.45, 7) is 4.66. The maximum atomic E-state index is 12.6. The molecule has 4 rings (SSSR count). The van der Waals surface area contributed by atoms with Crippen molar-refractivity contribution in [1.29, 1.82) is 0 Å². The van der Waals surface area contributed by atoms with Crippen LogP contribution < -0.4 is 5.69 Å². The maximum Gasteiger partial charge on any atom is 0.407 e. The number of carboxylic acid groups (broad SMARTS) is 1. The van der Waals surface area contributed by atoms with Crippen molar-refractivity contribution in [2.24, 2.45) is 0 Å². The van der Waals surface area contributed by atoms with Crippen LogP contribution in [0.3, 0.4) is 0 Å². The Bertz CT molecular complexity index is 1400. The Morgan fingerprint density at radius 2 is 1.91 bits per heavy atom. The molecule has 0 saturated carbocycles. The highest BCUT2D eigenvalue weighted by Crippen LogP contribution is 2.37. The number of fused-ring (bicyclic) bond motifs is 1. The lowest BCUT2D eigenvalue weighted by atomic mass is 9.98. The number of hydrogen-bond donors (Lipinski definition) is 4. The first-order chi connectivity index (χ1) is 15.7. The number of amides is 1. The molecule has 0 saturated heterocycles. The van der Waals surface area contributed by atoms with Gasteiger partial charge in [0.2, 0.25) is 0 Å². The second-order valence-electron chi connectivity index (χ2n) is 8.23. The Morgan fingerprint density at radius 1 is 1.15 bits per heavy atom. The van der Waals surface area contributed by atoms with Gasteiger partial charge in [-0.25, -0.2) is 19.3 Å². The van der Waals surface area contributed by atoms with Gasteiger partial charge in [0, 0.05) is 43.3 Å². The van der Waals surface area contributed by atoms with Gasteiger partial charge in [0.15, 0.2) is 5.82 Å². The standard InChI is InChI=1S/C23H25N5O5/c1-13(2)16-11-17(20(30)12-19(16)29)21-24-25-22(31)28(21)15-4-5-18-14(10-15)6-7-27(18)9-8-26(3)23(32)33/h4-7,10-13,29-30H,8-9H2,1-3H3,(H,25,31)(H,32,33). The molecule has 2 aromatic carbocycles. The van der Waals surface area contributed by atoms with E-state index in [0.717, 1.165) is 10.9 Å². The fourth-order valence-corrected chi connectivity index (χ4v) is 3.83. The number of phenolic OH excluding ortho intramolecular Hbond substituents is 2. The summed E-state index contributed by atoms with van der Waals surface area (Å²) >= 11 is 0. The molecule has 0 aliphatic heterocycles. The predicted molar refractivity (Wildman–Crippen MR) is 123 cm³/mol. The number of nitrogens with zero attached hydrogens (tertiary/aromatic N) is 4. The second-order valence-corrected chi connectivity index (χ2v) is 8.23. The van der Waals surface area contributed by atoms with Crippen molar-refractivity contribution in [2.45, 2.75) is 26.3 Å². The van der Waals surface area contributed by atoms with Crippen LogP contribution in [0.15, 0.2) is 47.4 Å². The number of aromatic hydroxyl groups is 2. The minimum absolute atomic E-state index is 0.000231. The third kappa shape index (κ3) is 4.02. The Kier molecular flexibility index (Phi) is 5.59. The van der Waals surface area contributed by atoms with E-state index < -0.39 is 11.8 Å². The van der Waals surface area contributed by atoms with Gasteiger partial charge >= 0.3 is 11.8 Å². The molecule has 10 heteroatoms. The van der Waals surface area contributed by atoms with E-state index >= 15 is 0 Å². The number of rotatable bonds is 6. The number of carbonyl (C=O) groups is 1. The molecule has 4 N–H and O–H groups in total. The van der Waals surface area contributed by atoms with Gasteiger partial charge in [-0.3, -0.25) is 0 Å². The van der Waals surface area contributed by atoms with Crippen LogP contribution in [0.4, 0.5) is 4.79 Å². The molecule has 2 heterocycles. The molecule has 0 spiro atoms. The van der Waals surface area contributed by atoms with Gasteiger partial charge in [-0.1, -0.05) is 13.8 Å². The highest BCUT2D eigenvalue weighted by atomic mass is 16.4. The molecule has 0 unspecified atom stereocenters. The third-order valence-corrected chi connectivity index (χ3v) is 5.70. The lowest BCUT2D eigenvalue weighted by Crippen LogP contribution is -2.28. The first-order valence-electron chi connectivity index (χ1n) is 10.4. The van der Waals surface area contributed by atoms with Gasteiger partial charge in [-0.05, 0) is 41.8 Å². The molecule has 0 bridgehead atoms. The Morgan fingerprint density at radius 3 is 2.61 bits per heavy atom. The molecular weight excluding hydrogens is 426 g/mol. The average molecular weight is 451 g/mol. The van der Waals surface area contributed by atoms with Crippen molar-refractivity contribution in [1.82, 2.24) is 24.2 Å². The van der Waals surface area contributed by atoms with Gasteiger partial charge in [0.05, 0.1) is 11.3 Å². The predicted octanol–water partition coefficient (Wildman–Crippen LogP) is 3.33. The molecular formula is C23H25N5O5. The van der Waals surface area contributed by atoms with Gasteiger partial charge in [0.1, 0.15) is 11.5 Å². The summed E-state index contributed by atoms with van der Waals surface area (Å²) in [5.41, 5.74) is 1.93. The molecule has 4 aromatic rings. The van der Waals surface area contributed by atoms with Crippen LogP contribution >= 0.6 is 0 Å². The quantitative estimate of drug-likeness (QED) is 0.355. The third-order valence-electron chi connectivity index (χ3n) is 5.70. The van der Waals surface area contributed by atoms with Crippen molar-refractivity contribution in [2.75, 3.05) is 13.6 Å². The summed E-state index contributed by atoms with van der Waals surface area (Å²) in [5.74, 6) is 0.0138. The first-order valence-corrected chi connectivity index (χ1v) is 10.4. The smallest absolute Gasteiger partial charge is 0.407 e. The number of aromatic nitrogens is 4. The summed E-state index contributed by atoms with van der Waals surface area (Å²) in [6, 6.07) is 10.2. The number of benzene rings is 2. The molecule has 0 aliphatic carbocycles. The number of aromatic amines is 1. The minimum Gasteiger partial charge on any atom is -0.508 e. The Balaban J connectivity index is 1.75. The molecule has 33 heavy (non-hydrogen) atoms. The van der Waals surface area contributed by atoms with Crippen LogP contribution in [0.5, 0.6) is 11.5 Å². The zero-order chi connectivity index (χ0) is 23.9. The van der Waals surface area contributed by atoms with Gasteiger partial charge < -0.3 is 24.8 Å². The van der Waals surface area contributed by atoms with Crippen LogP contribution in [0, 0.1) is 0 Å². The minimum atomic E-state index is -0.987. The lowest BCUT2D eigenvalue weighted by molar-refractivity contribution is 0.154. The summed E-state index contributed by atoms with van der Waals surface area (Å²) in [4.78, 5) is 24.9. The summed E-state index contributed by atoms with van der Waals surface area (Å²) < 4.78 is 3.31. The summed E-state index contributed by atoms with van der Waals surface area (Å²) in [6.07, 6.45) is 0.878. The van der Waals surface area contributed by atoms with E-state index in [1.54, 1.807) is 12.1 Å². The number of H-pyrrole nitrogens is 1. The van der Waals surface area contributed by atoms with E-state index in [0.29, 0.717) is 29.9 Å². The van der Waals surface area contributed by atoms with Crippen molar-refractivity contribution >= 4 is 17.0 Å². The van der Waals surface area contributed by atoms with E-state index in [1.807, 2.05) is 42.8 Å². The summed E-state index contributed by atoms with van der Waals surface area (Å²) in [5, 5.41) is 37.1. The van der Waals surface area contributed by atoms with Crippen LogP contribution in [0.25, 0.3) is 28.0 Å². The molecule has 172 valence electrons. The van der Waals surface area contributed by atoms with Crippen molar-refractivity contribution in [3.63, 3.8) is 0 Å². The maximum absolute atomic E-state index is 12.6. The van der Waals surface area contributed by atoms with E-state index in [-0.39, 0.29) is 23.2 Å². The van der Waals surface area contributed by atoms with E-state index in [9.17, 15) is 19.8 Å². The highest BCUT2D eigenvalue weighted by Gasteiger charge is 2.20. The van der Waals surface area contributed by atoms with Crippen LogP contribution in [-0.4, -0.2) is 59.2 Å². The Hall–Kier alpha value is -4.21. The van der Waals surface area contributed by atoms with Crippen LogP contribution in [0.1, 0.15) is 25.3 Å². The molecule has 2 aromatic heterocycles. The van der Waals surface area contributed by atoms with Crippen molar-refractivity contribution < 1.29 is 20.1 Å². The van der Waals surface area contributed by atoms with E-state index in [1.165, 1.54) is 22.6 Å². The molecule has 0 aliphatic rings. The van der Waals surface area contributed by atoms with Crippen LogP contribution in [-0.2, 0) is 6.54 Å². The van der Waals surface area contributed by atoms with Crippen LogP contribution in [0.2, 0.25) is 0 Å². The molecule has 10 nitrogen and oxygen atoms in total. The largest absolute Gasteiger partial charge is 0.508 e. The summed E-state index contributed by atoms with van der Waals surface area (Å²) in [7, 11) is 1.52. The topological polar surface area (TPSA) is 137 Å². The van der Waals surface area contributed by atoms with Crippen molar-refractivity contribution in [3.05, 3.63) is 58.6 Å². The number of phenols is 2. The first kappa shape index (κ1) is 22.0. The SMILES string of the molecule is CC(C)c1cc(-c2n[nH]c(=O)n2-c2ccc3c(ccn3CCN(C)C(=O)O)c2)c(O)cc1O. The van der Waals surface area contributed by atoms with Crippen molar-refractivity contribution in [3.8, 4) is 28.6 Å². The molecule has 1 amide bonds. The normalized spacial score (nSPS) is 11.4. The fraction of sp³-hybridized carbons (Fsp3) is 0.261. The number of nitrogens with one attached hydrogen (secondary N) is 1. The van der Waals surface area contributed by atoms with E-state index in [4.69, 9.17) is 5.11 Å². The average Bonchev–Trinajstić information content (AvgIpc) is 3.34. The molecule has 0 atom stereocenters. The zero-order valence-corrected chi connectivity index (χ0v) is 18.5. The highest BCUT2D eigenvalue weighted by molar-refractivity contribution is 5.83. The van der Waals surface area contributed by atoms with Gasteiger partial charge in [-0.2, -0.15) is 5.10 Å². The fourth-order valence-electron chi connectivity index (χ4n) is 3.83.